The van der Waals surface area contributed by atoms with Crippen molar-refractivity contribution >= 4 is 35.0 Å². The van der Waals surface area contributed by atoms with Crippen molar-refractivity contribution in [3.8, 4) is 28.4 Å². The Balaban J connectivity index is 1.85. The number of ether oxygens (including phenoxy) is 3. The molecule has 2 atom stereocenters. The highest BCUT2D eigenvalue weighted by molar-refractivity contribution is 7.98. The van der Waals surface area contributed by atoms with Crippen LogP contribution < -0.4 is 35.6 Å². The van der Waals surface area contributed by atoms with Crippen LogP contribution in [0.25, 0.3) is 11.1 Å². The summed E-state index contributed by atoms with van der Waals surface area (Å²) in [5, 5.41) is 9.07. The number of methoxy groups -OCH3 is 3. The van der Waals surface area contributed by atoms with E-state index in [1.165, 1.54) is 13.0 Å². The number of hydrogen-bond donors (Lipinski definition) is 3. The highest BCUT2D eigenvalue weighted by Crippen LogP contribution is 2.50. The summed E-state index contributed by atoms with van der Waals surface area (Å²) in [6.45, 7) is 1.45. The smallest absolute Gasteiger partial charge is 0.246 e. The molecule has 10 nitrogen and oxygen atoms in total. The summed E-state index contributed by atoms with van der Waals surface area (Å²) < 4.78 is 17.1. The number of thioether (sulfide) groups is 1. The maximum atomic E-state index is 13.7. The molecule has 1 aromatic heterocycles. The Labute approximate surface area is 249 Å². The van der Waals surface area contributed by atoms with Gasteiger partial charge in [0.15, 0.2) is 11.5 Å². The molecule has 0 bridgehead atoms. The van der Waals surface area contributed by atoms with E-state index in [2.05, 4.69) is 20.9 Å². The summed E-state index contributed by atoms with van der Waals surface area (Å²) in [6, 6.07) is 9.34. The number of carbonyl (C=O) groups excluding carboxylic acids is 2. The van der Waals surface area contributed by atoms with Crippen LogP contribution in [0, 0.1) is 0 Å². The van der Waals surface area contributed by atoms with Gasteiger partial charge in [-0.1, -0.05) is 6.07 Å². The zero-order chi connectivity index (χ0) is 30.2. The van der Waals surface area contributed by atoms with E-state index in [-0.39, 0.29) is 22.9 Å². The second-order valence-corrected chi connectivity index (χ2v) is 10.8. The molecule has 4 rings (SSSR count). The minimum atomic E-state index is -0.676. The molecule has 1 heterocycles. The highest BCUT2D eigenvalue weighted by Gasteiger charge is 2.30. The number of fused-ring (bicyclic) bond motifs is 3. The monoisotopic (exact) mass is 592 g/mol. The largest absolute Gasteiger partial charge is 0.493 e. The molecule has 0 saturated carbocycles. The van der Waals surface area contributed by atoms with Crippen LogP contribution in [0.1, 0.15) is 36.9 Å². The van der Waals surface area contributed by atoms with Crippen LogP contribution in [0.15, 0.2) is 53.6 Å². The number of benzene rings is 1. The van der Waals surface area contributed by atoms with E-state index >= 15 is 0 Å². The second kappa shape index (κ2) is 14.1. The highest BCUT2D eigenvalue weighted by atomic mass is 32.2. The van der Waals surface area contributed by atoms with Crippen LogP contribution >= 0.6 is 11.8 Å². The van der Waals surface area contributed by atoms with Crippen LogP contribution in [0.2, 0.25) is 0 Å². The number of nitrogens with one attached hydrogen (secondary N) is 3. The van der Waals surface area contributed by atoms with Crippen LogP contribution in [0.3, 0.4) is 0 Å². The number of pyridine rings is 1. The number of carbonyl (C=O) groups is 2. The number of amides is 2. The molecule has 1 aliphatic rings. The first kappa shape index (κ1) is 30.7. The summed E-state index contributed by atoms with van der Waals surface area (Å²) in [5.41, 5.74) is 3.57. The summed E-state index contributed by atoms with van der Waals surface area (Å²) in [4.78, 5) is 43.2. The summed E-state index contributed by atoms with van der Waals surface area (Å²) in [5.74, 6) is 1.65. The quantitative estimate of drug-likeness (QED) is 0.296. The predicted octanol–water partition coefficient (Wildman–Crippen LogP) is 4.43. The van der Waals surface area contributed by atoms with E-state index in [4.69, 9.17) is 14.2 Å². The van der Waals surface area contributed by atoms with Crippen molar-refractivity contribution in [1.29, 1.82) is 0 Å². The fraction of sp³-hybridized carbons (Fsp3) is 0.355. The zero-order valence-electron chi connectivity index (χ0n) is 24.4. The van der Waals surface area contributed by atoms with Gasteiger partial charge in [-0.15, -0.1) is 0 Å². The van der Waals surface area contributed by atoms with E-state index in [0.29, 0.717) is 59.1 Å². The molecule has 0 spiro atoms. The van der Waals surface area contributed by atoms with E-state index in [1.54, 1.807) is 63.7 Å². The van der Waals surface area contributed by atoms with E-state index in [0.717, 1.165) is 11.1 Å². The molecule has 0 unspecified atom stereocenters. The first-order chi connectivity index (χ1) is 20.3. The average molecular weight is 593 g/mol. The standard InChI is InChI=1S/C31H36N4O6S/c1-18(36)33-23-10-8-19-15-27(39-2)29(40-3)30(41-4)28(19)21-9-11-24(26(37)16-22(21)23)35-25(12-14-42-5)31(38)34-20-7-6-13-32-17-20/h6-7,9,11,13,15-17,23,25H,8,10,12,14H2,1-5H3,(H,33,36)(H,34,38)(H,35,37)/t23-,25-/m0/s1. The molecule has 11 heteroatoms. The van der Waals surface area contributed by atoms with Crippen LogP contribution in [0.5, 0.6) is 17.2 Å². The van der Waals surface area contributed by atoms with Gasteiger partial charge in [-0.2, -0.15) is 11.8 Å². The summed E-state index contributed by atoms with van der Waals surface area (Å²) in [6.07, 6.45) is 6.80. The number of aromatic nitrogens is 1. The number of rotatable bonds is 11. The molecule has 0 saturated heterocycles. The fourth-order valence-electron chi connectivity index (χ4n) is 5.19. The Morgan fingerprint density at radius 3 is 2.52 bits per heavy atom. The van der Waals surface area contributed by atoms with Crippen LogP contribution in [0.4, 0.5) is 11.4 Å². The topological polar surface area (TPSA) is 128 Å². The molecule has 0 aliphatic heterocycles. The van der Waals surface area contributed by atoms with Gasteiger partial charge in [-0.25, -0.2) is 0 Å². The van der Waals surface area contributed by atoms with E-state index in [1.807, 2.05) is 18.4 Å². The molecule has 222 valence electrons. The molecule has 0 fully saturated rings. The minimum absolute atomic E-state index is 0.208. The molecule has 3 N–H and O–H groups in total. The third kappa shape index (κ3) is 6.79. The number of anilines is 2. The second-order valence-electron chi connectivity index (χ2n) is 9.81. The SMILES string of the molecule is COc1cc2c(c(OC)c1OC)-c1ccc(N[C@@H](CCSC)C(=O)Nc3cccnc3)c(=O)cc1[C@@H](NC(C)=O)CC2. The molecule has 1 aliphatic carbocycles. The first-order valence-electron chi connectivity index (χ1n) is 13.5. The van der Waals surface area contributed by atoms with Gasteiger partial charge in [-0.3, -0.25) is 19.4 Å². The van der Waals surface area contributed by atoms with Crippen molar-refractivity contribution in [2.24, 2.45) is 0 Å². The van der Waals surface area contributed by atoms with E-state index < -0.39 is 12.1 Å². The van der Waals surface area contributed by atoms with Crippen molar-refractivity contribution in [2.45, 2.75) is 38.3 Å². The Hall–Kier alpha value is -4.25. The summed E-state index contributed by atoms with van der Waals surface area (Å²) >= 11 is 1.61. The van der Waals surface area contributed by atoms with Crippen molar-refractivity contribution < 1.29 is 23.8 Å². The van der Waals surface area contributed by atoms with Gasteiger partial charge in [-0.05, 0) is 78.3 Å². The van der Waals surface area contributed by atoms with Gasteiger partial charge in [0.25, 0.3) is 0 Å². The fourth-order valence-corrected chi connectivity index (χ4v) is 5.66. The van der Waals surface area contributed by atoms with Crippen molar-refractivity contribution in [3.05, 3.63) is 70.1 Å². The zero-order valence-corrected chi connectivity index (χ0v) is 25.2. The average Bonchev–Trinajstić information content (AvgIpc) is 3.22. The first-order valence-corrected chi connectivity index (χ1v) is 14.9. The van der Waals surface area contributed by atoms with Gasteiger partial charge >= 0.3 is 0 Å². The number of aryl methyl sites for hydroxylation is 1. The minimum Gasteiger partial charge on any atom is -0.493 e. The predicted molar refractivity (Wildman–Crippen MR) is 166 cm³/mol. The Morgan fingerprint density at radius 1 is 1.10 bits per heavy atom. The maximum absolute atomic E-state index is 13.7. The van der Waals surface area contributed by atoms with Gasteiger partial charge in [0.05, 0.1) is 44.9 Å². The lowest BCUT2D eigenvalue weighted by atomic mass is 9.95. The number of hydrogen-bond acceptors (Lipinski definition) is 9. The lowest BCUT2D eigenvalue weighted by Crippen LogP contribution is -2.36. The normalized spacial score (nSPS) is 14.4. The maximum Gasteiger partial charge on any atom is 0.246 e. The van der Waals surface area contributed by atoms with Crippen molar-refractivity contribution in [1.82, 2.24) is 10.3 Å². The Bertz CT molecular complexity index is 1500. The Kier molecular flexibility index (Phi) is 10.3. The van der Waals surface area contributed by atoms with Gasteiger partial charge in [0, 0.05) is 18.7 Å². The molecular formula is C31H36N4O6S. The van der Waals surface area contributed by atoms with Crippen molar-refractivity contribution in [3.63, 3.8) is 0 Å². The molecule has 2 amide bonds. The van der Waals surface area contributed by atoms with Gasteiger partial charge < -0.3 is 30.2 Å². The lowest BCUT2D eigenvalue weighted by Gasteiger charge is -2.19. The third-order valence-corrected chi connectivity index (χ3v) is 7.75. The van der Waals surface area contributed by atoms with Crippen molar-refractivity contribution in [2.75, 3.05) is 44.0 Å². The van der Waals surface area contributed by atoms with Gasteiger partial charge in [0.1, 0.15) is 6.04 Å². The Morgan fingerprint density at radius 2 is 1.88 bits per heavy atom. The third-order valence-electron chi connectivity index (χ3n) is 7.10. The molecule has 42 heavy (non-hydrogen) atoms. The van der Waals surface area contributed by atoms with Crippen LogP contribution in [-0.4, -0.2) is 56.2 Å². The lowest BCUT2D eigenvalue weighted by molar-refractivity contribution is -0.120. The molecular weight excluding hydrogens is 556 g/mol. The molecule has 3 aromatic rings. The summed E-state index contributed by atoms with van der Waals surface area (Å²) in [7, 11) is 4.66. The molecule has 2 aromatic carbocycles. The molecule has 0 radical (unpaired) electrons. The van der Waals surface area contributed by atoms with Gasteiger partial charge in [0.2, 0.25) is 23.0 Å². The van der Waals surface area contributed by atoms with Crippen LogP contribution in [-0.2, 0) is 16.0 Å². The number of nitrogens with zero attached hydrogens (tertiary/aromatic N) is 1. The van der Waals surface area contributed by atoms with E-state index in [9.17, 15) is 14.4 Å².